The Morgan fingerprint density at radius 1 is 1.69 bits per heavy atom. The van der Waals surface area contributed by atoms with Gasteiger partial charge in [0, 0.05) is 11.4 Å². The van der Waals surface area contributed by atoms with Gasteiger partial charge in [-0.3, -0.25) is 15.1 Å². The predicted octanol–water partition coefficient (Wildman–Crippen LogP) is 0.991. The van der Waals surface area contributed by atoms with Crippen LogP contribution in [0.25, 0.3) is 0 Å². The average Bonchev–Trinajstić information content (AvgIpc) is 2.79. The van der Waals surface area contributed by atoms with E-state index in [1.165, 1.54) is 4.88 Å². The number of carbonyl (C=O) groups excluding carboxylic acids is 1. The summed E-state index contributed by atoms with van der Waals surface area (Å²) in [6.07, 6.45) is 1.74. The predicted molar refractivity (Wildman–Crippen MR) is 67.1 cm³/mol. The molecule has 0 aliphatic carbocycles. The Morgan fingerprint density at radius 2 is 2.44 bits per heavy atom. The minimum atomic E-state index is -0.134. The molecule has 1 aromatic heterocycles. The van der Waals surface area contributed by atoms with Gasteiger partial charge >= 0.3 is 0 Å². The van der Waals surface area contributed by atoms with E-state index in [0.717, 1.165) is 19.4 Å². The first-order chi connectivity index (χ1) is 7.69. The van der Waals surface area contributed by atoms with Gasteiger partial charge in [0.15, 0.2) is 0 Å². The van der Waals surface area contributed by atoms with Crippen molar-refractivity contribution in [3.63, 3.8) is 0 Å². The van der Waals surface area contributed by atoms with Crippen LogP contribution in [0.3, 0.4) is 0 Å². The highest BCUT2D eigenvalue weighted by Gasteiger charge is 2.19. The van der Waals surface area contributed by atoms with Crippen LogP contribution < -0.4 is 11.3 Å². The third-order valence-corrected chi connectivity index (χ3v) is 3.59. The van der Waals surface area contributed by atoms with Crippen molar-refractivity contribution in [2.75, 3.05) is 13.6 Å². The van der Waals surface area contributed by atoms with Crippen LogP contribution in [0.4, 0.5) is 0 Å². The van der Waals surface area contributed by atoms with E-state index in [4.69, 9.17) is 5.84 Å². The van der Waals surface area contributed by atoms with Crippen LogP contribution in [0.1, 0.15) is 18.2 Å². The molecule has 1 aromatic rings. The molecule has 5 heteroatoms. The summed E-state index contributed by atoms with van der Waals surface area (Å²) in [7, 11) is 1.96. The fourth-order valence-electron chi connectivity index (χ4n) is 1.69. The number of amides is 1. The number of rotatable bonds is 6. The molecule has 1 rings (SSSR count). The van der Waals surface area contributed by atoms with Gasteiger partial charge in [-0.15, -0.1) is 11.3 Å². The Bertz CT molecular complexity index is 313. The number of nitrogens with zero attached hydrogens (tertiary/aromatic N) is 1. The lowest BCUT2D eigenvalue weighted by molar-refractivity contribution is -0.126. The van der Waals surface area contributed by atoms with Gasteiger partial charge in [-0.25, -0.2) is 5.84 Å². The SMILES string of the molecule is CCC(C(=O)NN)N(C)CCc1cccs1. The van der Waals surface area contributed by atoms with Gasteiger partial charge in [-0.1, -0.05) is 13.0 Å². The number of carbonyl (C=O) groups is 1. The van der Waals surface area contributed by atoms with Crippen molar-refractivity contribution in [1.29, 1.82) is 0 Å². The molecule has 0 spiro atoms. The van der Waals surface area contributed by atoms with Crippen molar-refractivity contribution >= 4 is 17.2 Å². The molecule has 3 N–H and O–H groups in total. The van der Waals surface area contributed by atoms with E-state index in [1.54, 1.807) is 11.3 Å². The summed E-state index contributed by atoms with van der Waals surface area (Å²) in [5.74, 6) is 5.04. The minimum absolute atomic E-state index is 0.115. The number of hydrogen-bond donors (Lipinski definition) is 2. The molecule has 4 nitrogen and oxygen atoms in total. The number of hydrogen-bond acceptors (Lipinski definition) is 4. The van der Waals surface area contributed by atoms with Gasteiger partial charge in [-0.05, 0) is 31.3 Å². The third kappa shape index (κ3) is 3.59. The molecule has 1 amide bonds. The summed E-state index contributed by atoms with van der Waals surface area (Å²) < 4.78 is 0. The van der Waals surface area contributed by atoms with Crippen LogP contribution in [-0.2, 0) is 11.2 Å². The summed E-state index contributed by atoms with van der Waals surface area (Å²) in [5.41, 5.74) is 2.21. The Balaban J connectivity index is 2.43. The molecule has 1 heterocycles. The monoisotopic (exact) mass is 241 g/mol. The summed E-state index contributed by atoms with van der Waals surface area (Å²) in [5, 5.41) is 2.07. The highest BCUT2D eigenvalue weighted by atomic mass is 32.1. The van der Waals surface area contributed by atoms with E-state index in [9.17, 15) is 4.79 Å². The van der Waals surface area contributed by atoms with Gasteiger partial charge in [0.05, 0.1) is 6.04 Å². The summed E-state index contributed by atoms with van der Waals surface area (Å²) >= 11 is 1.75. The van der Waals surface area contributed by atoms with Crippen LogP contribution >= 0.6 is 11.3 Å². The van der Waals surface area contributed by atoms with Crippen LogP contribution in [0.2, 0.25) is 0 Å². The average molecular weight is 241 g/mol. The molecule has 90 valence electrons. The molecule has 0 radical (unpaired) electrons. The minimum Gasteiger partial charge on any atom is -0.295 e. The number of nitrogens with one attached hydrogen (secondary N) is 1. The molecular formula is C11H19N3OS. The maximum atomic E-state index is 11.5. The van der Waals surface area contributed by atoms with Crippen molar-refractivity contribution < 1.29 is 4.79 Å². The Morgan fingerprint density at radius 3 is 2.94 bits per heavy atom. The lowest BCUT2D eigenvalue weighted by Crippen LogP contribution is -2.47. The molecule has 16 heavy (non-hydrogen) atoms. The van der Waals surface area contributed by atoms with Crippen LogP contribution in [0.5, 0.6) is 0 Å². The maximum Gasteiger partial charge on any atom is 0.251 e. The second-order valence-corrected chi connectivity index (χ2v) is 4.77. The van der Waals surface area contributed by atoms with Crippen molar-refractivity contribution in [2.45, 2.75) is 25.8 Å². The van der Waals surface area contributed by atoms with Crippen molar-refractivity contribution in [1.82, 2.24) is 10.3 Å². The van der Waals surface area contributed by atoms with Crippen molar-refractivity contribution in [3.05, 3.63) is 22.4 Å². The van der Waals surface area contributed by atoms with Crippen LogP contribution in [-0.4, -0.2) is 30.4 Å². The largest absolute Gasteiger partial charge is 0.295 e. The van der Waals surface area contributed by atoms with E-state index >= 15 is 0 Å². The Labute approximate surface area is 100 Å². The molecule has 1 unspecified atom stereocenters. The van der Waals surface area contributed by atoms with E-state index < -0.39 is 0 Å². The highest BCUT2D eigenvalue weighted by Crippen LogP contribution is 2.11. The smallest absolute Gasteiger partial charge is 0.251 e. The summed E-state index contributed by atoms with van der Waals surface area (Å²) in [4.78, 5) is 14.9. The van der Waals surface area contributed by atoms with E-state index in [-0.39, 0.29) is 11.9 Å². The molecule has 1 atom stereocenters. The highest BCUT2D eigenvalue weighted by molar-refractivity contribution is 7.09. The summed E-state index contributed by atoms with van der Waals surface area (Å²) in [6.45, 7) is 2.86. The number of likely N-dealkylation sites (N-methyl/N-ethyl adjacent to an activating group) is 1. The van der Waals surface area contributed by atoms with Gasteiger partial charge in [-0.2, -0.15) is 0 Å². The number of hydrazine groups is 1. The van der Waals surface area contributed by atoms with E-state index in [2.05, 4.69) is 16.9 Å². The second kappa shape index (κ2) is 6.62. The third-order valence-electron chi connectivity index (χ3n) is 2.65. The van der Waals surface area contributed by atoms with E-state index in [1.807, 2.05) is 24.9 Å². The molecule has 0 bridgehead atoms. The second-order valence-electron chi connectivity index (χ2n) is 3.74. The summed E-state index contributed by atoms with van der Waals surface area (Å²) in [6, 6.07) is 4.02. The maximum absolute atomic E-state index is 11.5. The first-order valence-corrected chi connectivity index (χ1v) is 6.30. The number of thiophene rings is 1. The standard InChI is InChI=1S/C11H19N3OS/c1-3-10(11(15)13-12)14(2)7-6-9-5-4-8-16-9/h4-5,8,10H,3,6-7,12H2,1-2H3,(H,13,15). The molecule has 0 aliphatic heterocycles. The molecule has 0 saturated heterocycles. The Hall–Kier alpha value is -0.910. The topological polar surface area (TPSA) is 58.4 Å². The molecule has 0 fully saturated rings. The fraction of sp³-hybridized carbons (Fsp3) is 0.545. The molecule has 0 saturated carbocycles. The molecule has 0 aromatic carbocycles. The normalized spacial score (nSPS) is 12.8. The van der Waals surface area contributed by atoms with Gasteiger partial charge in [0.1, 0.15) is 0 Å². The van der Waals surface area contributed by atoms with Gasteiger partial charge < -0.3 is 0 Å². The number of nitrogens with two attached hydrogens (primary N) is 1. The molecular weight excluding hydrogens is 222 g/mol. The van der Waals surface area contributed by atoms with Crippen molar-refractivity contribution in [3.8, 4) is 0 Å². The van der Waals surface area contributed by atoms with Crippen LogP contribution in [0, 0.1) is 0 Å². The molecule has 0 aliphatic rings. The zero-order chi connectivity index (χ0) is 12.0. The zero-order valence-corrected chi connectivity index (χ0v) is 10.6. The van der Waals surface area contributed by atoms with Gasteiger partial charge in [0.2, 0.25) is 0 Å². The van der Waals surface area contributed by atoms with Crippen LogP contribution in [0.15, 0.2) is 17.5 Å². The quantitative estimate of drug-likeness (QED) is 0.443. The zero-order valence-electron chi connectivity index (χ0n) is 9.77. The van der Waals surface area contributed by atoms with E-state index in [0.29, 0.717) is 0 Å². The Kier molecular flexibility index (Phi) is 5.45. The van der Waals surface area contributed by atoms with Gasteiger partial charge in [0.25, 0.3) is 5.91 Å². The first-order valence-electron chi connectivity index (χ1n) is 5.42. The first kappa shape index (κ1) is 13.2. The lowest BCUT2D eigenvalue weighted by atomic mass is 10.2. The fourth-order valence-corrected chi connectivity index (χ4v) is 2.39. The lowest BCUT2D eigenvalue weighted by Gasteiger charge is -2.25. The van der Waals surface area contributed by atoms with Crippen molar-refractivity contribution in [2.24, 2.45) is 5.84 Å².